The van der Waals surface area contributed by atoms with Gasteiger partial charge in [0.05, 0.1) is 19.6 Å². The largest absolute Gasteiger partial charge is 0.457 e. The number of hydrogen-bond donors (Lipinski definition) is 1. The van der Waals surface area contributed by atoms with E-state index in [9.17, 15) is 9.90 Å². The SMILES string of the molecule is CC/C=C\C/C=C\C/C=C\C/C=C\C/C=C\CC(=O)OC(CO)COCCCCCCCCCC/C=C\CCCCCCCCC. The van der Waals surface area contributed by atoms with Gasteiger partial charge in [-0.15, -0.1) is 0 Å². The summed E-state index contributed by atoms with van der Waals surface area (Å²) in [5, 5.41) is 9.54. The molecule has 46 heavy (non-hydrogen) atoms. The highest BCUT2D eigenvalue weighted by Crippen LogP contribution is 2.12. The molecule has 1 unspecified atom stereocenters. The third-order valence-corrected chi connectivity index (χ3v) is 7.80. The Labute approximate surface area is 285 Å². The first kappa shape index (κ1) is 43.8. The third kappa shape index (κ3) is 36.3. The van der Waals surface area contributed by atoms with Crippen LogP contribution in [0.2, 0.25) is 0 Å². The van der Waals surface area contributed by atoms with Gasteiger partial charge in [0.1, 0.15) is 6.10 Å². The van der Waals surface area contributed by atoms with Crippen LogP contribution in [0.4, 0.5) is 0 Å². The lowest BCUT2D eigenvalue weighted by Crippen LogP contribution is -2.27. The van der Waals surface area contributed by atoms with Crippen LogP contribution in [-0.4, -0.2) is 37.0 Å². The van der Waals surface area contributed by atoms with Gasteiger partial charge in [0.15, 0.2) is 0 Å². The van der Waals surface area contributed by atoms with E-state index in [-0.39, 0.29) is 25.6 Å². The molecule has 0 saturated heterocycles. The Morgan fingerprint density at radius 2 is 0.978 bits per heavy atom. The first-order valence-corrected chi connectivity index (χ1v) is 19.0. The molecule has 0 aliphatic carbocycles. The van der Waals surface area contributed by atoms with Crippen molar-refractivity contribution in [1.29, 1.82) is 0 Å². The van der Waals surface area contributed by atoms with Crippen molar-refractivity contribution in [2.45, 2.75) is 168 Å². The summed E-state index contributed by atoms with van der Waals surface area (Å²) in [6, 6.07) is 0. The molecule has 0 aromatic rings. The number of aliphatic hydroxyl groups excluding tert-OH is 1. The van der Waals surface area contributed by atoms with E-state index in [4.69, 9.17) is 9.47 Å². The summed E-state index contributed by atoms with van der Waals surface area (Å²) in [5.41, 5.74) is 0. The van der Waals surface area contributed by atoms with E-state index in [1.807, 2.05) is 12.2 Å². The maximum Gasteiger partial charge on any atom is 0.310 e. The molecule has 4 nitrogen and oxygen atoms in total. The van der Waals surface area contributed by atoms with Crippen LogP contribution in [0.3, 0.4) is 0 Å². The first-order valence-electron chi connectivity index (χ1n) is 19.0. The summed E-state index contributed by atoms with van der Waals surface area (Å²) in [5.74, 6) is -0.330. The molecule has 0 amide bonds. The Kier molecular flexibility index (Phi) is 37.2. The Balaban J connectivity index is 3.57. The number of ether oxygens (including phenoxy) is 2. The van der Waals surface area contributed by atoms with Crippen molar-refractivity contribution in [2.75, 3.05) is 19.8 Å². The van der Waals surface area contributed by atoms with Crippen molar-refractivity contribution >= 4 is 5.97 Å². The number of unbranched alkanes of at least 4 members (excludes halogenated alkanes) is 15. The van der Waals surface area contributed by atoms with Crippen LogP contribution in [0.25, 0.3) is 0 Å². The number of carbonyl (C=O) groups is 1. The number of rotatable bonds is 34. The van der Waals surface area contributed by atoms with E-state index < -0.39 is 6.10 Å². The molecule has 0 fully saturated rings. The van der Waals surface area contributed by atoms with Gasteiger partial charge in [-0.05, 0) is 64.2 Å². The highest BCUT2D eigenvalue weighted by atomic mass is 16.6. The predicted octanol–water partition coefficient (Wildman–Crippen LogP) is 12.3. The highest BCUT2D eigenvalue weighted by molar-refractivity contribution is 5.71. The summed E-state index contributed by atoms with van der Waals surface area (Å²) in [6.07, 6.45) is 52.6. The molecule has 1 atom stereocenters. The monoisotopic (exact) mass is 641 g/mol. The zero-order chi connectivity index (χ0) is 33.4. The van der Waals surface area contributed by atoms with Crippen LogP contribution in [0.15, 0.2) is 72.9 Å². The van der Waals surface area contributed by atoms with Gasteiger partial charge in [-0.1, -0.05) is 164 Å². The van der Waals surface area contributed by atoms with Crippen LogP contribution in [0.5, 0.6) is 0 Å². The van der Waals surface area contributed by atoms with Crippen LogP contribution < -0.4 is 0 Å². The zero-order valence-electron chi connectivity index (χ0n) is 30.1. The van der Waals surface area contributed by atoms with Gasteiger partial charge in [0, 0.05) is 6.61 Å². The maximum atomic E-state index is 12.1. The van der Waals surface area contributed by atoms with Crippen LogP contribution in [0, 0.1) is 0 Å². The molecule has 0 bridgehead atoms. The van der Waals surface area contributed by atoms with Crippen LogP contribution in [-0.2, 0) is 14.3 Å². The lowest BCUT2D eigenvalue weighted by atomic mass is 10.1. The van der Waals surface area contributed by atoms with E-state index in [1.54, 1.807) is 0 Å². The van der Waals surface area contributed by atoms with Crippen LogP contribution >= 0.6 is 0 Å². The summed E-state index contributed by atoms with van der Waals surface area (Å²) < 4.78 is 11.0. The van der Waals surface area contributed by atoms with E-state index in [0.717, 1.165) is 44.9 Å². The smallest absolute Gasteiger partial charge is 0.310 e. The van der Waals surface area contributed by atoms with Crippen molar-refractivity contribution in [1.82, 2.24) is 0 Å². The summed E-state index contributed by atoms with van der Waals surface area (Å²) in [7, 11) is 0. The third-order valence-electron chi connectivity index (χ3n) is 7.80. The molecule has 0 saturated carbocycles. The van der Waals surface area contributed by atoms with Crippen molar-refractivity contribution in [3.8, 4) is 0 Å². The summed E-state index contributed by atoms with van der Waals surface area (Å²) in [4.78, 5) is 12.1. The molecule has 0 aliphatic rings. The Hall–Kier alpha value is -2.17. The van der Waals surface area contributed by atoms with E-state index >= 15 is 0 Å². The van der Waals surface area contributed by atoms with Gasteiger partial charge in [-0.3, -0.25) is 4.79 Å². The minimum absolute atomic E-state index is 0.208. The second-order valence-corrected chi connectivity index (χ2v) is 12.3. The number of hydrogen-bond acceptors (Lipinski definition) is 4. The average Bonchev–Trinajstić information content (AvgIpc) is 3.06. The van der Waals surface area contributed by atoms with E-state index in [0.29, 0.717) is 6.61 Å². The molecular formula is C42H72O4. The Bertz CT molecular complexity index is 804. The second kappa shape index (κ2) is 39.0. The zero-order valence-corrected chi connectivity index (χ0v) is 30.1. The Morgan fingerprint density at radius 1 is 0.543 bits per heavy atom. The molecule has 0 heterocycles. The second-order valence-electron chi connectivity index (χ2n) is 12.3. The van der Waals surface area contributed by atoms with Crippen molar-refractivity contribution in [2.24, 2.45) is 0 Å². The molecule has 0 aromatic carbocycles. The average molecular weight is 641 g/mol. The topological polar surface area (TPSA) is 55.8 Å². The molecule has 0 aliphatic heterocycles. The van der Waals surface area contributed by atoms with Gasteiger partial charge >= 0.3 is 5.97 Å². The lowest BCUT2D eigenvalue weighted by Gasteiger charge is -2.15. The van der Waals surface area contributed by atoms with E-state index in [2.05, 4.69) is 74.6 Å². The highest BCUT2D eigenvalue weighted by Gasteiger charge is 2.12. The van der Waals surface area contributed by atoms with Crippen molar-refractivity contribution < 1.29 is 19.4 Å². The molecular weight excluding hydrogens is 568 g/mol. The summed E-state index contributed by atoms with van der Waals surface area (Å²) >= 11 is 0. The van der Waals surface area contributed by atoms with Gasteiger partial charge in [-0.25, -0.2) is 0 Å². The van der Waals surface area contributed by atoms with Gasteiger partial charge in [-0.2, -0.15) is 0 Å². The van der Waals surface area contributed by atoms with Gasteiger partial charge in [0.2, 0.25) is 0 Å². The number of carbonyl (C=O) groups excluding carboxylic acids is 1. The Morgan fingerprint density at radius 3 is 1.46 bits per heavy atom. The standard InChI is InChI=1S/C42H72O4/c1-3-5-7-9-11-13-15-17-19-20-21-22-24-26-28-30-32-34-36-38-45-40-41(39-43)46-42(44)37-35-33-31-29-27-25-23-18-16-14-12-10-8-6-4-2/h6,8,12,14,18-20,23,27,29,33,35,41,43H,3-5,7,9-11,13,15-17,21-22,24-26,28,30-32,34,36-40H2,1-2H3/b8-6-,14-12-,20-19-,23-18-,29-27-,35-33-. The van der Waals surface area contributed by atoms with Crippen molar-refractivity contribution in [3.05, 3.63) is 72.9 Å². The van der Waals surface area contributed by atoms with Crippen LogP contribution in [0.1, 0.15) is 162 Å². The molecule has 1 N–H and O–H groups in total. The molecule has 0 radical (unpaired) electrons. The fourth-order valence-electron chi connectivity index (χ4n) is 4.99. The minimum atomic E-state index is -0.592. The summed E-state index contributed by atoms with van der Waals surface area (Å²) in [6.45, 7) is 5.11. The van der Waals surface area contributed by atoms with Gasteiger partial charge < -0.3 is 14.6 Å². The predicted molar refractivity (Wildman–Crippen MR) is 200 cm³/mol. The molecule has 264 valence electrons. The quantitative estimate of drug-likeness (QED) is 0.0432. The molecule has 4 heteroatoms. The minimum Gasteiger partial charge on any atom is -0.457 e. The van der Waals surface area contributed by atoms with Gasteiger partial charge in [0.25, 0.3) is 0 Å². The fourth-order valence-corrected chi connectivity index (χ4v) is 4.99. The maximum absolute atomic E-state index is 12.1. The molecule has 0 rings (SSSR count). The fraction of sp³-hybridized carbons (Fsp3) is 0.690. The number of allylic oxidation sites excluding steroid dienone is 11. The normalized spacial score (nSPS) is 13.2. The first-order chi connectivity index (χ1) is 22.7. The van der Waals surface area contributed by atoms with Crippen molar-refractivity contribution in [3.63, 3.8) is 0 Å². The lowest BCUT2D eigenvalue weighted by molar-refractivity contribution is -0.153. The number of aliphatic hydroxyl groups is 1. The molecule has 0 aromatic heterocycles. The molecule has 0 spiro atoms. The number of esters is 1. The van der Waals surface area contributed by atoms with E-state index in [1.165, 1.54) is 96.3 Å².